The Hall–Kier alpha value is -1.63. The standard InChI is InChI=1S/C15H12BrNO3S/c16-12-5-7-13(8-6-12)21(19,20)17-9-11(10-18)14-3-1-2-4-15(14)17/h1-9,18H,10H2. The van der Waals surface area contributed by atoms with Crippen molar-refractivity contribution < 1.29 is 13.5 Å². The van der Waals surface area contributed by atoms with Gasteiger partial charge in [0.05, 0.1) is 17.0 Å². The smallest absolute Gasteiger partial charge is 0.268 e. The van der Waals surface area contributed by atoms with Gasteiger partial charge in [-0.1, -0.05) is 34.1 Å². The van der Waals surface area contributed by atoms with E-state index in [1.54, 1.807) is 42.5 Å². The van der Waals surface area contributed by atoms with E-state index in [0.717, 1.165) is 9.86 Å². The lowest BCUT2D eigenvalue weighted by atomic mass is 10.2. The average Bonchev–Trinajstić information content (AvgIpc) is 2.87. The lowest BCUT2D eigenvalue weighted by Crippen LogP contribution is -2.11. The third-order valence-corrected chi connectivity index (χ3v) is 5.52. The van der Waals surface area contributed by atoms with E-state index in [1.807, 2.05) is 6.07 Å². The average molecular weight is 366 g/mol. The second-order valence-electron chi connectivity index (χ2n) is 4.58. The van der Waals surface area contributed by atoms with Crippen molar-refractivity contribution in [2.75, 3.05) is 0 Å². The normalized spacial score (nSPS) is 11.9. The van der Waals surface area contributed by atoms with Crippen molar-refractivity contribution >= 4 is 36.9 Å². The van der Waals surface area contributed by atoms with Gasteiger partial charge in [0, 0.05) is 21.6 Å². The molecule has 2 aromatic carbocycles. The molecule has 3 aromatic rings. The highest BCUT2D eigenvalue weighted by molar-refractivity contribution is 9.10. The van der Waals surface area contributed by atoms with Crippen LogP contribution in [0.1, 0.15) is 5.56 Å². The minimum absolute atomic E-state index is 0.205. The molecular weight excluding hydrogens is 354 g/mol. The third-order valence-electron chi connectivity index (χ3n) is 3.30. The fourth-order valence-corrected chi connectivity index (χ4v) is 3.92. The minimum Gasteiger partial charge on any atom is -0.392 e. The van der Waals surface area contributed by atoms with Gasteiger partial charge in [0.25, 0.3) is 10.0 Å². The topological polar surface area (TPSA) is 59.3 Å². The summed E-state index contributed by atoms with van der Waals surface area (Å²) in [5, 5.41) is 10.1. The predicted molar refractivity (Wildman–Crippen MR) is 84.6 cm³/mol. The summed E-state index contributed by atoms with van der Waals surface area (Å²) in [6.45, 7) is -0.205. The summed E-state index contributed by atoms with van der Waals surface area (Å²) in [6, 6.07) is 13.6. The van der Waals surface area contributed by atoms with Gasteiger partial charge in [0.2, 0.25) is 0 Å². The van der Waals surface area contributed by atoms with Gasteiger partial charge < -0.3 is 5.11 Å². The molecule has 6 heteroatoms. The number of nitrogens with zero attached hydrogens (tertiary/aromatic N) is 1. The van der Waals surface area contributed by atoms with Crippen LogP contribution in [0, 0.1) is 0 Å². The van der Waals surface area contributed by atoms with Crippen LogP contribution in [-0.2, 0) is 16.6 Å². The number of aromatic nitrogens is 1. The zero-order chi connectivity index (χ0) is 15.0. The number of aliphatic hydroxyl groups excluding tert-OH is 1. The van der Waals surface area contributed by atoms with Gasteiger partial charge in [-0.25, -0.2) is 12.4 Å². The van der Waals surface area contributed by atoms with Crippen LogP contribution in [0.15, 0.2) is 64.1 Å². The van der Waals surface area contributed by atoms with Crippen LogP contribution in [-0.4, -0.2) is 17.5 Å². The van der Waals surface area contributed by atoms with E-state index < -0.39 is 10.0 Å². The number of fused-ring (bicyclic) bond motifs is 1. The maximum atomic E-state index is 12.8. The SMILES string of the molecule is O=S(=O)(c1ccc(Br)cc1)n1cc(CO)c2ccccc21. The van der Waals surface area contributed by atoms with E-state index in [4.69, 9.17) is 0 Å². The first kappa shape index (κ1) is 14.3. The Bertz CT molecular complexity index is 898. The Kier molecular flexibility index (Phi) is 3.61. The number of hydrogen-bond acceptors (Lipinski definition) is 3. The fourth-order valence-electron chi connectivity index (χ4n) is 2.26. The van der Waals surface area contributed by atoms with E-state index in [1.165, 1.54) is 10.2 Å². The van der Waals surface area contributed by atoms with Crippen molar-refractivity contribution in [2.45, 2.75) is 11.5 Å². The van der Waals surface area contributed by atoms with E-state index in [0.29, 0.717) is 11.1 Å². The molecule has 0 aliphatic heterocycles. The molecule has 0 atom stereocenters. The summed E-state index contributed by atoms with van der Waals surface area (Å²) >= 11 is 3.29. The molecule has 0 bridgehead atoms. The lowest BCUT2D eigenvalue weighted by molar-refractivity contribution is 0.283. The van der Waals surface area contributed by atoms with Gasteiger partial charge in [-0.15, -0.1) is 0 Å². The van der Waals surface area contributed by atoms with Crippen LogP contribution in [0.5, 0.6) is 0 Å². The quantitative estimate of drug-likeness (QED) is 0.775. The van der Waals surface area contributed by atoms with Gasteiger partial charge in [-0.3, -0.25) is 0 Å². The molecule has 0 amide bonds. The highest BCUT2D eigenvalue weighted by atomic mass is 79.9. The van der Waals surface area contributed by atoms with Gasteiger partial charge in [-0.2, -0.15) is 0 Å². The molecule has 0 fully saturated rings. The summed E-state index contributed by atoms with van der Waals surface area (Å²) in [7, 11) is -3.69. The predicted octanol–water partition coefficient (Wildman–Crippen LogP) is 3.13. The number of rotatable bonds is 3. The molecule has 0 spiro atoms. The second-order valence-corrected chi connectivity index (χ2v) is 7.31. The molecule has 0 unspecified atom stereocenters. The Morgan fingerprint density at radius 1 is 1.05 bits per heavy atom. The van der Waals surface area contributed by atoms with Crippen LogP contribution in [0.3, 0.4) is 0 Å². The van der Waals surface area contributed by atoms with E-state index in [9.17, 15) is 13.5 Å². The molecule has 1 aromatic heterocycles. The van der Waals surface area contributed by atoms with Crippen molar-refractivity contribution in [2.24, 2.45) is 0 Å². The largest absolute Gasteiger partial charge is 0.392 e. The molecule has 21 heavy (non-hydrogen) atoms. The second kappa shape index (κ2) is 5.29. The molecular formula is C15H12BrNO3S. The van der Waals surface area contributed by atoms with Crippen LogP contribution < -0.4 is 0 Å². The molecule has 0 saturated heterocycles. The van der Waals surface area contributed by atoms with Crippen molar-refractivity contribution in [1.29, 1.82) is 0 Å². The monoisotopic (exact) mass is 365 g/mol. The molecule has 1 heterocycles. The van der Waals surface area contributed by atoms with E-state index >= 15 is 0 Å². The van der Waals surface area contributed by atoms with Gasteiger partial charge in [0.15, 0.2) is 0 Å². The van der Waals surface area contributed by atoms with E-state index in [2.05, 4.69) is 15.9 Å². The molecule has 0 aliphatic carbocycles. The summed E-state index contributed by atoms with van der Waals surface area (Å²) in [5.74, 6) is 0. The van der Waals surface area contributed by atoms with Crippen LogP contribution in [0.2, 0.25) is 0 Å². The van der Waals surface area contributed by atoms with E-state index in [-0.39, 0.29) is 11.5 Å². The van der Waals surface area contributed by atoms with Crippen molar-refractivity contribution in [3.05, 3.63) is 64.8 Å². The first-order chi connectivity index (χ1) is 10.0. The molecule has 0 radical (unpaired) electrons. The molecule has 0 aliphatic rings. The van der Waals surface area contributed by atoms with Crippen LogP contribution in [0.4, 0.5) is 0 Å². The highest BCUT2D eigenvalue weighted by Crippen LogP contribution is 2.26. The van der Waals surface area contributed by atoms with Gasteiger partial charge in [-0.05, 0) is 30.3 Å². The fraction of sp³-hybridized carbons (Fsp3) is 0.0667. The Labute approximate surface area is 130 Å². The molecule has 4 nitrogen and oxygen atoms in total. The zero-order valence-corrected chi connectivity index (χ0v) is 13.3. The molecule has 1 N–H and O–H groups in total. The minimum atomic E-state index is -3.69. The number of benzene rings is 2. The summed E-state index contributed by atoms with van der Waals surface area (Å²) in [4.78, 5) is 0.205. The first-order valence-corrected chi connectivity index (χ1v) is 8.48. The van der Waals surface area contributed by atoms with Crippen LogP contribution in [0.25, 0.3) is 10.9 Å². The number of hydrogen-bond donors (Lipinski definition) is 1. The summed E-state index contributed by atoms with van der Waals surface area (Å²) in [5.41, 5.74) is 1.15. The summed E-state index contributed by atoms with van der Waals surface area (Å²) < 4.78 is 27.5. The third kappa shape index (κ3) is 2.39. The highest BCUT2D eigenvalue weighted by Gasteiger charge is 2.20. The van der Waals surface area contributed by atoms with Crippen LogP contribution >= 0.6 is 15.9 Å². The van der Waals surface area contributed by atoms with Gasteiger partial charge >= 0.3 is 0 Å². The maximum absolute atomic E-state index is 12.8. The first-order valence-electron chi connectivity index (χ1n) is 6.25. The molecule has 108 valence electrons. The number of para-hydroxylation sites is 1. The zero-order valence-electron chi connectivity index (χ0n) is 10.9. The number of aliphatic hydroxyl groups is 1. The summed E-state index contributed by atoms with van der Waals surface area (Å²) in [6.07, 6.45) is 1.47. The maximum Gasteiger partial charge on any atom is 0.268 e. The number of halogens is 1. The Balaban J connectivity index is 2.26. The Morgan fingerprint density at radius 2 is 1.71 bits per heavy atom. The van der Waals surface area contributed by atoms with Gasteiger partial charge in [0.1, 0.15) is 0 Å². The Morgan fingerprint density at radius 3 is 2.38 bits per heavy atom. The van der Waals surface area contributed by atoms with Crippen molar-refractivity contribution in [3.63, 3.8) is 0 Å². The molecule has 3 rings (SSSR count). The lowest BCUT2D eigenvalue weighted by Gasteiger charge is -2.07. The molecule has 0 saturated carbocycles. The van der Waals surface area contributed by atoms with Crippen molar-refractivity contribution in [1.82, 2.24) is 3.97 Å². The van der Waals surface area contributed by atoms with Crippen molar-refractivity contribution in [3.8, 4) is 0 Å².